The molecule has 1 aliphatic rings. The van der Waals surface area contributed by atoms with Crippen LogP contribution in [0.2, 0.25) is 5.02 Å². The van der Waals surface area contributed by atoms with Crippen LogP contribution in [0.5, 0.6) is 0 Å². The van der Waals surface area contributed by atoms with E-state index in [9.17, 15) is 22.8 Å². The molecule has 1 amide bonds. The first-order chi connectivity index (χ1) is 12.1. The molecule has 0 bridgehead atoms. The highest BCUT2D eigenvalue weighted by molar-refractivity contribution is 8.14. The summed E-state index contributed by atoms with van der Waals surface area (Å²) in [6.07, 6.45) is 1.07. The highest BCUT2D eigenvalue weighted by Gasteiger charge is 2.33. The lowest BCUT2D eigenvalue weighted by atomic mass is 10.2. The van der Waals surface area contributed by atoms with Crippen molar-refractivity contribution < 1.29 is 27.9 Å². The number of hydrogen-bond acceptors (Lipinski definition) is 6. The highest BCUT2D eigenvalue weighted by Crippen LogP contribution is 2.24. The molecule has 1 saturated heterocycles. The number of carbonyl (C=O) groups excluding carboxylic acids is 2. The van der Waals surface area contributed by atoms with Crippen molar-refractivity contribution >= 4 is 50.4 Å². The maximum absolute atomic E-state index is 12.2. The van der Waals surface area contributed by atoms with Crippen LogP contribution < -0.4 is 5.14 Å². The molecule has 8 nitrogen and oxygen atoms in total. The summed E-state index contributed by atoms with van der Waals surface area (Å²) in [4.78, 5) is 36.4. The molecule has 1 aromatic rings. The van der Waals surface area contributed by atoms with Gasteiger partial charge in [-0.05, 0) is 31.0 Å². The molecule has 1 fully saturated rings. The van der Waals surface area contributed by atoms with Crippen LogP contribution in [0.25, 0.3) is 0 Å². The number of hydrogen-bond donors (Lipinski definition) is 2. The van der Waals surface area contributed by atoms with Crippen molar-refractivity contribution in [3.05, 3.63) is 28.8 Å². The number of halogens is 1. The van der Waals surface area contributed by atoms with Crippen molar-refractivity contribution in [3.63, 3.8) is 0 Å². The van der Waals surface area contributed by atoms with Crippen LogP contribution >= 0.6 is 23.4 Å². The molecule has 26 heavy (non-hydrogen) atoms. The molecule has 1 atom stereocenters. The van der Waals surface area contributed by atoms with Gasteiger partial charge in [0.15, 0.2) is 0 Å². The van der Waals surface area contributed by atoms with E-state index in [2.05, 4.69) is 0 Å². The molecule has 0 aromatic heterocycles. The summed E-state index contributed by atoms with van der Waals surface area (Å²) in [5.41, 5.74) is 0.0976. The second-order valence-electron chi connectivity index (χ2n) is 5.66. The number of rotatable bonds is 6. The SMILES string of the molecule is NS(=O)(=O)c1cc(C(=O)SCCC(=O)N2CCC[C@H]2C(=O)O)ccc1Cl. The van der Waals surface area contributed by atoms with E-state index in [0.29, 0.717) is 19.4 Å². The van der Waals surface area contributed by atoms with Gasteiger partial charge in [-0.1, -0.05) is 23.4 Å². The van der Waals surface area contributed by atoms with Gasteiger partial charge in [0, 0.05) is 24.3 Å². The molecule has 0 aliphatic carbocycles. The van der Waals surface area contributed by atoms with Gasteiger partial charge in [-0.3, -0.25) is 9.59 Å². The first-order valence-electron chi connectivity index (χ1n) is 7.63. The highest BCUT2D eigenvalue weighted by atomic mass is 35.5. The topological polar surface area (TPSA) is 135 Å². The Balaban J connectivity index is 1.95. The summed E-state index contributed by atoms with van der Waals surface area (Å²) in [6, 6.07) is 2.92. The van der Waals surface area contributed by atoms with E-state index in [0.717, 1.165) is 17.8 Å². The van der Waals surface area contributed by atoms with E-state index in [1.165, 1.54) is 17.0 Å². The average molecular weight is 421 g/mol. The number of thioether (sulfide) groups is 1. The lowest BCUT2D eigenvalue weighted by molar-refractivity contribution is -0.148. The summed E-state index contributed by atoms with van der Waals surface area (Å²) in [6.45, 7) is 0.392. The Kier molecular flexibility index (Phi) is 6.67. The number of likely N-dealkylation sites (tertiary alicyclic amines) is 1. The number of carboxylic acid groups (broad SMARTS) is 1. The normalized spacial score (nSPS) is 17.3. The molecule has 1 aromatic carbocycles. The first-order valence-corrected chi connectivity index (χ1v) is 10.5. The summed E-state index contributed by atoms with van der Waals surface area (Å²) >= 11 is 6.61. The van der Waals surface area contributed by atoms with E-state index in [1.807, 2.05) is 0 Å². The third kappa shape index (κ3) is 4.97. The van der Waals surface area contributed by atoms with Crippen LogP contribution in [-0.4, -0.2) is 53.8 Å². The standard InChI is InChI=1S/C15H17ClN2O6S2/c16-10-4-3-9(8-12(10)26(17,23)24)15(22)25-7-5-13(19)18-6-1-2-11(18)14(20)21/h3-4,8,11H,1-2,5-7H2,(H,20,21)(H2,17,23,24)/t11-/m0/s1. The number of carbonyl (C=O) groups is 3. The van der Waals surface area contributed by atoms with Crippen molar-refractivity contribution in [2.75, 3.05) is 12.3 Å². The predicted octanol–water partition coefficient (Wildman–Crippen LogP) is 1.33. The zero-order valence-electron chi connectivity index (χ0n) is 13.6. The van der Waals surface area contributed by atoms with Crippen LogP contribution in [0.1, 0.15) is 29.6 Å². The third-order valence-electron chi connectivity index (χ3n) is 3.88. The molecular weight excluding hydrogens is 404 g/mol. The molecule has 142 valence electrons. The van der Waals surface area contributed by atoms with E-state index in [-0.39, 0.29) is 33.6 Å². The monoisotopic (exact) mass is 420 g/mol. The molecule has 0 spiro atoms. The number of nitrogens with zero attached hydrogens (tertiary/aromatic N) is 1. The van der Waals surface area contributed by atoms with E-state index >= 15 is 0 Å². The zero-order valence-corrected chi connectivity index (χ0v) is 15.9. The van der Waals surface area contributed by atoms with Crippen molar-refractivity contribution in [1.82, 2.24) is 4.90 Å². The van der Waals surface area contributed by atoms with Gasteiger partial charge in [-0.25, -0.2) is 18.4 Å². The zero-order chi connectivity index (χ0) is 19.5. The molecule has 2 rings (SSSR count). The lowest BCUT2D eigenvalue weighted by Gasteiger charge is -2.21. The fraction of sp³-hybridized carbons (Fsp3) is 0.400. The molecule has 0 unspecified atom stereocenters. The Hall–Kier alpha value is -1.62. The Morgan fingerprint density at radius 2 is 2.04 bits per heavy atom. The first kappa shape index (κ1) is 20.7. The quantitative estimate of drug-likeness (QED) is 0.708. The van der Waals surface area contributed by atoms with Gasteiger partial charge >= 0.3 is 5.97 Å². The van der Waals surface area contributed by atoms with Crippen molar-refractivity contribution in [1.29, 1.82) is 0 Å². The molecule has 1 aliphatic heterocycles. The number of aliphatic carboxylic acids is 1. The Bertz CT molecular complexity index is 843. The maximum atomic E-state index is 12.2. The fourth-order valence-corrected chi connectivity index (χ4v) is 4.46. The van der Waals surface area contributed by atoms with Gasteiger partial charge in [0.2, 0.25) is 21.0 Å². The minimum absolute atomic E-state index is 0.00974. The number of carboxylic acids is 1. The predicted molar refractivity (Wildman–Crippen MR) is 96.6 cm³/mol. The van der Waals surface area contributed by atoms with Crippen molar-refractivity contribution in [2.24, 2.45) is 5.14 Å². The van der Waals surface area contributed by atoms with Crippen LogP contribution in [0, 0.1) is 0 Å². The average Bonchev–Trinajstić information content (AvgIpc) is 3.03. The largest absolute Gasteiger partial charge is 0.480 e. The van der Waals surface area contributed by atoms with Gasteiger partial charge in [0.25, 0.3) is 0 Å². The Morgan fingerprint density at radius 3 is 2.65 bits per heavy atom. The van der Waals surface area contributed by atoms with E-state index in [4.69, 9.17) is 21.8 Å². The number of sulfonamides is 1. The molecule has 0 radical (unpaired) electrons. The molecule has 0 saturated carbocycles. The van der Waals surface area contributed by atoms with Gasteiger partial charge in [0.1, 0.15) is 10.9 Å². The van der Waals surface area contributed by atoms with E-state index in [1.54, 1.807) is 0 Å². The Labute approximate surface area is 159 Å². The van der Waals surface area contributed by atoms with Gasteiger partial charge in [-0.15, -0.1) is 0 Å². The van der Waals surface area contributed by atoms with Crippen LogP contribution in [-0.2, 0) is 19.6 Å². The van der Waals surface area contributed by atoms with E-state index < -0.39 is 27.1 Å². The molecule has 1 heterocycles. The smallest absolute Gasteiger partial charge is 0.326 e. The van der Waals surface area contributed by atoms with Crippen LogP contribution in [0.4, 0.5) is 0 Å². The maximum Gasteiger partial charge on any atom is 0.326 e. The molecule has 3 N–H and O–H groups in total. The minimum atomic E-state index is -4.06. The third-order valence-corrected chi connectivity index (χ3v) is 6.18. The number of nitrogens with two attached hydrogens (primary N) is 1. The number of amides is 1. The number of primary sulfonamides is 1. The second kappa shape index (κ2) is 8.38. The van der Waals surface area contributed by atoms with Crippen molar-refractivity contribution in [3.8, 4) is 0 Å². The molecular formula is C15H17ClN2O6S2. The number of benzene rings is 1. The van der Waals surface area contributed by atoms with Gasteiger partial charge in [0.05, 0.1) is 5.02 Å². The van der Waals surface area contributed by atoms with Crippen LogP contribution in [0.15, 0.2) is 23.1 Å². The summed E-state index contributed by atoms with van der Waals surface area (Å²) in [7, 11) is -4.06. The molecule has 11 heteroatoms. The summed E-state index contributed by atoms with van der Waals surface area (Å²) in [5.74, 6) is -1.21. The summed E-state index contributed by atoms with van der Waals surface area (Å²) in [5, 5.41) is 13.6. The lowest BCUT2D eigenvalue weighted by Crippen LogP contribution is -2.40. The van der Waals surface area contributed by atoms with Crippen LogP contribution in [0.3, 0.4) is 0 Å². The second-order valence-corrected chi connectivity index (χ2v) is 8.66. The summed E-state index contributed by atoms with van der Waals surface area (Å²) < 4.78 is 22.9. The van der Waals surface area contributed by atoms with Gasteiger partial charge < -0.3 is 10.0 Å². The Morgan fingerprint density at radius 1 is 1.35 bits per heavy atom. The van der Waals surface area contributed by atoms with Crippen molar-refractivity contribution in [2.45, 2.75) is 30.2 Å². The minimum Gasteiger partial charge on any atom is -0.480 e. The van der Waals surface area contributed by atoms with Gasteiger partial charge in [-0.2, -0.15) is 0 Å². The fourth-order valence-electron chi connectivity index (χ4n) is 2.63.